The maximum Gasteiger partial charge on any atom is 0.260 e. The van der Waals surface area contributed by atoms with Crippen LogP contribution in [0, 0.1) is 25.2 Å². The van der Waals surface area contributed by atoms with Crippen LogP contribution in [0.4, 0.5) is 0 Å². The lowest BCUT2D eigenvalue weighted by molar-refractivity contribution is -0.133. The number of carbonyl (C=O) groups is 1. The molecule has 0 radical (unpaired) electrons. The molecule has 1 aromatic carbocycles. The Kier molecular flexibility index (Phi) is 4.94. The number of hydrogen-bond donors (Lipinski definition) is 0. The maximum absolute atomic E-state index is 11.9. The molecule has 0 unspecified atom stereocenters. The van der Waals surface area contributed by atoms with Gasteiger partial charge in [0.05, 0.1) is 11.6 Å². The minimum absolute atomic E-state index is 0.0161. The Morgan fingerprint density at radius 2 is 1.89 bits per heavy atom. The molecule has 0 aliphatic carbocycles. The van der Waals surface area contributed by atoms with E-state index in [9.17, 15) is 4.79 Å². The van der Waals surface area contributed by atoms with Crippen LogP contribution in [-0.2, 0) is 4.79 Å². The average molecular weight is 260 g/mol. The van der Waals surface area contributed by atoms with Gasteiger partial charge >= 0.3 is 0 Å². The molecule has 0 aliphatic heterocycles. The van der Waals surface area contributed by atoms with E-state index in [2.05, 4.69) is 6.07 Å². The molecule has 0 saturated heterocycles. The van der Waals surface area contributed by atoms with E-state index in [-0.39, 0.29) is 18.6 Å². The summed E-state index contributed by atoms with van der Waals surface area (Å²) in [6, 6.07) is 5.78. The van der Waals surface area contributed by atoms with E-state index < -0.39 is 0 Å². The third kappa shape index (κ3) is 3.72. The van der Waals surface area contributed by atoms with Crippen LogP contribution in [0.15, 0.2) is 12.1 Å². The van der Waals surface area contributed by atoms with Crippen LogP contribution in [0.2, 0.25) is 0 Å². The van der Waals surface area contributed by atoms with Gasteiger partial charge in [-0.25, -0.2) is 0 Å². The van der Waals surface area contributed by atoms with Crippen LogP contribution in [0.3, 0.4) is 0 Å². The standard InChI is InChI=1S/C15H20N2O2/c1-10(2)17(5)14(18)9-19-15-11(3)6-13(8-16)7-12(15)4/h6-7,10H,9H2,1-5H3. The summed E-state index contributed by atoms with van der Waals surface area (Å²) < 4.78 is 5.60. The molecule has 0 N–H and O–H groups in total. The van der Waals surface area contributed by atoms with Gasteiger partial charge in [0.2, 0.25) is 0 Å². The smallest absolute Gasteiger partial charge is 0.260 e. The summed E-state index contributed by atoms with van der Waals surface area (Å²) in [4.78, 5) is 13.5. The summed E-state index contributed by atoms with van der Waals surface area (Å²) in [5.74, 6) is 0.627. The molecule has 4 heteroatoms. The summed E-state index contributed by atoms with van der Waals surface area (Å²) in [7, 11) is 1.76. The summed E-state index contributed by atoms with van der Waals surface area (Å²) in [6.07, 6.45) is 0. The normalized spacial score (nSPS) is 10.2. The zero-order valence-electron chi connectivity index (χ0n) is 12.2. The summed E-state index contributed by atoms with van der Waals surface area (Å²) >= 11 is 0. The lowest BCUT2D eigenvalue weighted by atomic mass is 10.1. The first-order chi connectivity index (χ1) is 8.86. The van der Waals surface area contributed by atoms with E-state index in [4.69, 9.17) is 10.00 Å². The van der Waals surface area contributed by atoms with Gasteiger partial charge in [0, 0.05) is 13.1 Å². The average Bonchev–Trinajstić information content (AvgIpc) is 2.35. The first-order valence-electron chi connectivity index (χ1n) is 6.26. The lowest BCUT2D eigenvalue weighted by Gasteiger charge is -2.22. The maximum atomic E-state index is 11.9. The van der Waals surface area contributed by atoms with Crippen LogP contribution in [-0.4, -0.2) is 30.5 Å². The van der Waals surface area contributed by atoms with Gasteiger partial charge in [-0.3, -0.25) is 4.79 Å². The summed E-state index contributed by atoms with van der Waals surface area (Å²) in [6.45, 7) is 7.67. The molecule has 19 heavy (non-hydrogen) atoms. The summed E-state index contributed by atoms with van der Waals surface area (Å²) in [5, 5.41) is 8.88. The molecule has 0 aliphatic rings. The van der Waals surface area contributed by atoms with E-state index in [1.54, 1.807) is 24.1 Å². The van der Waals surface area contributed by atoms with Crippen LogP contribution in [0.25, 0.3) is 0 Å². The zero-order valence-corrected chi connectivity index (χ0v) is 12.2. The fraction of sp³-hybridized carbons (Fsp3) is 0.467. The van der Waals surface area contributed by atoms with Crippen molar-refractivity contribution >= 4 is 5.91 Å². The van der Waals surface area contributed by atoms with Crippen molar-refractivity contribution in [2.45, 2.75) is 33.7 Å². The molecule has 0 spiro atoms. The number of nitriles is 1. The Morgan fingerprint density at radius 1 is 1.37 bits per heavy atom. The molecule has 0 saturated carbocycles. The number of amides is 1. The van der Waals surface area contributed by atoms with Crippen molar-refractivity contribution in [2.24, 2.45) is 0 Å². The van der Waals surface area contributed by atoms with Crippen molar-refractivity contribution in [2.75, 3.05) is 13.7 Å². The molecule has 0 bridgehead atoms. The van der Waals surface area contributed by atoms with Crippen molar-refractivity contribution in [3.8, 4) is 11.8 Å². The van der Waals surface area contributed by atoms with Gasteiger partial charge in [-0.15, -0.1) is 0 Å². The van der Waals surface area contributed by atoms with Crippen molar-refractivity contribution < 1.29 is 9.53 Å². The highest BCUT2D eigenvalue weighted by Gasteiger charge is 2.14. The number of aryl methyl sites for hydroxylation is 2. The Hall–Kier alpha value is -2.02. The first kappa shape index (κ1) is 15.0. The van der Waals surface area contributed by atoms with E-state index in [0.717, 1.165) is 11.1 Å². The number of nitrogens with zero attached hydrogens (tertiary/aromatic N) is 2. The second-order valence-corrected chi connectivity index (χ2v) is 4.94. The molecule has 1 aromatic rings. The number of hydrogen-bond acceptors (Lipinski definition) is 3. The van der Waals surface area contributed by atoms with Gasteiger partial charge in [-0.2, -0.15) is 5.26 Å². The zero-order chi connectivity index (χ0) is 14.6. The number of benzene rings is 1. The number of rotatable bonds is 4. The third-order valence-corrected chi connectivity index (χ3v) is 3.10. The Morgan fingerprint density at radius 3 is 2.32 bits per heavy atom. The topological polar surface area (TPSA) is 53.3 Å². The van der Waals surface area contributed by atoms with E-state index in [1.165, 1.54) is 0 Å². The quantitative estimate of drug-likeness (QED) is 0.835. The molecule has 0 atom stereocenters. The molecule has 1 rings (SSSR count). The predicted molar refractivity (Wildman–Crippen MR) is 74.0 cm³/mol. The van der Waals surface area contributed by atoms with Gasteiger partial charge in [-0.05, 0) is 51.0 Å². The van der Waals surface area contributed by atoms with Gasteiger partial charge < -0.3 is 9.64 Å². The number of ether oxygens (including phenoxy) is 1. The highest BCUT2D eigenvalue weighted by Crippen LogP contribution is 2.24. The van der Waals surface area contributed by atoms with Crippen LogP contribution < -0.4 is 4.74 Å². The summed E-state index contributed by atoms with van der Waals surface area (Å²) in [5.41, 5.74) is 2.35. The molecule has 0 heterocycles. The lowest BCUT2D eigenvalue weighted by Crippen LogP contribution is -2.36. The van der Waals surface area contributed by atoms with E-state index >= 15 is 0 Å². The highest BCUT2D eigenvalue weighted by molar-refractivity contribution is 5.77. The van der Waals surface area contributed by atoms with Gasteiger partial charge in [0.25, 0.3) is 5.91 Å². The fourth-order valence-corrected chi connectivity index (χ4v) is 1.77. The molecular formula is C15H20N2O2. The Bertz CT molecular complexity index is 492. The second kappa shape index (κ2) is 6.24. The highest BCUT2D eigenvalue weighted by atomic mass is 16.5. The number of carbonyl (C=O) groups excluding carboxylic acids is 1. The molecule has 0 fully saturated rings. The Balaban J connectivity index is 2.80. The SMILES string of the molecule is Cc1cc(C#N)cc(C)c1OCC(=O)N(C)C(C)C. The largest absolute Gasteiger partial charge is 0.483 e. The monoisotopic (exact) mass is 260 g/mol. The number of likely N-dealkylation sites (N-methyl/N-ethyl adjacent to an activating group) is 1. The predicted octanol–water partition coefficient (Wildman–Crippen LogP) is 2.42. The minimum atomic E-state index is -0.0573. The minimum Gasteiger partial charge on any atom is -0.483 e. The van der Waals surface area contributed by atoms with Crippen molar-refractivity contribution in [3.63, 3.8) is 0 Å². The molecule has 102 valence electrons. The third-order valence-electron chi connectivity index (χ3n) is 3.10. The van der Waals surface area contributed by atoms with Crippen LogP contribution in [0.5, 0.6) is 5.75 Å². The van der Waals surface area contributed by atoms with Gasteiger partial charge in [-0.1, -0.05) is 0 Å². The Labute approximate surface area is 114 Å². The van der Waals surface area contributed by atoms with E-state index in [1.807, 2.05) is 27.7 Å². The first-order valence-corrected chi connectivity index (χ1v) is 6.26. The van der Waals surface area contributed by atoms with Gasteiger partial charge in [0.1, 0.15) is 5.75 Å². The van der Waals surface area contributed by atoms with Crippen molar-refractivity contribution in [1.29, 1.82) is 5.26 Å². The van der Waals surface area contributed by atoms with E-state index in [0.29, 0.717) is 11.3 Å². The van der Waals surface area contributed by atoms with Gasteiger partial charge in [0.15, 0.2) is 6.61 Å². The van der Waals surface area contributed by atoms with Crippen LogP contribution in [0.1, 0.15) is 30.5 Å². The van der Waals surface area contributed by atoms with Crippen molar-refractivity contribution in [3.05, 3.63) is 28.8 Å². The van der Waals surface area contributed by atoms with Crippen molar-refractivity contribution in [1.82, 2.24) is 4.90 Å². The molecule has 1 amide bonds. The molecule has 0 aromatic heterocycles. The molecule has 4 nitrogen and oxygen atoms in total. The van der Waals surface area contributed by atoms with Crippen LogP contribution >= 0.6 is 0 Å². The second-order valence-electron chi connectivity index (χ2n) is 4.94. The molecular weight excluding hydrogens is 240 g/mol. The fourth-order valence-electron chi connectivity index (χ4n) is 1.77.